The number of benzene rings is 1. The third-order valence-electron chi connectivity index (χ3n) is 4.75. The number of carbonyl (C=O) groups excluding carboxylic acids is 1. The maximum atomic E-state index is 12.3. The Kier molecular flexibility index (Phi) is 6.24. The molecular formula is C20H26N2O2S. The number of nitrogens with zero attached hydrogens (tertiary/aromatic N) is 1. The fraction of sp³-hybridized carbons (Fsp3) is 0.450. The highest BCUT2D eigenvalue weighted by atomic mass is 32.1. The van der Waals surface area contributed by atoms with Crippen LogP contribution in [-0.2, 0) is 17.9 Å². The molecule has 0 radical (unpaired) electrons. The molecule has 4 nitrogen and oxygen atoms in total. The largest absolute Gasteiger partial charge is 0.379 e. The van der Waals surface area contributed by atoms with Gasteiger partial charge in [-0.2, -0.15) is 0 Å². The second kappa shape index (κ2) is 8.61. The van der Waals surface area contributed by atoms with Crippen LogP contribution in [0, 0.1) is 12.8 Å². The predicted octanol–water partition coefficient (Wildman–Crippen LogP) is 3.45. The van der Waals surface area contributed by atoms with Gasteiger partial charge in [-0.15, -0.1) is 11.3 Å². The molecule has 1 aliphatic heterocycles. The Bertz CT molecular complexity index is 713. The molecule has 0 aliphatic carbocycles. The molecule has 1 aromatic heterocycles. The summed E-state index contributed by atoms with van der Waals surface area (Å²) >= 11 is 1.50. The molecule has 1 aliphatic rings. The van der Waals surface area contributed by atoms with Crippen molar-refractivity contribution in [3.8, 4) is 0 Å². The van der Waals surface area contributed by atoms with Gasteiger partial charge in [0.1, 0.15) is 0 Å². The lowest BCUT2D eigenvalue weighted by Crippen LogP contribution is -2.30. The van der Waals surface area contributed by atoms with Crippen LogP contribution in [0.3, 0.4) is 0 Å². The molecule has 1 amide bonds. The summed E-state index contributed by atoms with van der Waals surface area (Å²) < 4.78 is 5.10. The van der Waals surface area contributed by atoms with Crippen molar-refractivity contribution in [2.45, 2.75) is 26.5 Å². The Morgan fingerprint density at radius 3 is 2.96 bits per heavy atom. The van der Waals surface area contributed by atoms with E-state index in [1.165, 1.54) is 22.5 Å². The van der Waals surface area contributed by atoms with Crippen LogP contribution in [0.4, 0.5) is 0 Å². The first kappa shape index (κ1) is 18.1. The van der Waals surface area contributed by atoms with Crippen molar-refractivity contribution >= 4 is 17.2 Å². The monoisotopic (exact) mass is 358 g/mol. The van der Waals surface area contributed by atoms with Gasteiger partial charge in [-0.3, -0.25) is 9.69 Å². The van der Waals surface area contributed by atoms with Gasteiger partial charge in [-0.05, 0) is 49.1 Å². The van der Waals surface area contributed by atoms with Crippen molar-refractivity contribution in [2.75, 3.05) is 26.7 Å². The average molecular weight is 359 g/mol. The van der Waals surface area contributed by atoms with Gasteiger partial charge in [0.05, 0.1) is 11.5 Å². The van der Waals surface area contributed by atoms with Crippen LogP contribution in [0.5, 0.6) is 0 Å². The van der Waals surface area contributed by atoms with E-state index in [2.05, 4.69) is 41.4 Å². The van der Waals surface area contributed by atoms with Crippen molar-refractivity contribution in [3.05, 3.63) is 57.3 Å². The Hall–Kier alpha value is -1.69. The molecule has 1 unspecified atom stereocenters. The number of nitrogens with one attached hydrogen (secondary N) is 1. The minimum Gasteiger partial charge on any atom is -0.379 e. The Labute approximate surface area is 153 Å². The Morgan fingerprint density at radius 1 is 1.32 bits per heavy atom. The molecule has 3 rings (SSSR count). The zero-order valence-corrected chi connectivity index (χ0v) is 15.8. The van der Waals surface area contributed by atoms with Crippen LogP contribution in [0.25, 0.3) is 0 Å². The van der Waals surface area contributed by atoms with Crippen LogP contribution in [0.2, 0.25) is 0 Å². The molecule has 134 valence electrons. The lowest BCUT2D eigenvalue weighted by molar-refractivity contribution is 0.0951. The van der Waals surface area contributed by atoms with Crippen molar-refractivity contribution in [1.29, 1.82) is 0 Å². The number of rotatable bonds is 7. The van der Waals surface area contributed by atoms with Gasteiger partial charge in [0.2, 0.25) is 0 Å². The van der Waals surface area contributed by atoms with E-state index in [9.17, 15) is 4.79 Å². The van der Waals surface area contributed by atoms with E-state index in [0.717, 1.165) is 42.4 Å². The number of ether oxygens (including phenoxy) is 1. The molecular weight excluding hydrogens is 332 g/mol. The molecule has 0 spiro atoms. The number of carbonyl (C=O) groups is 1. The molecule has 5 heteroatoms. The van der Waals surface area contributed by atoms with Crippen LogP contribution >= 0.6 is 11.3 Å². The van der Waals surface area contributed by atoms with Crippen molar-refractivity contribution < 1.29 is 9.53 Å². The summed E-state index contributed by atoms with van der Waals surface area (Å²) in [5.41, 5.74) is 2.75. The predicted molar refractivity (Wildman–Crippen MR) is 102 cm³/mol. The van der Waals surface area contributed by atoms with Crippen LogP contribution in [-0.4, -0.2) is 37.6 Å². The number of methoxy groups -OCH3 is 1. The summed E-state index contributed by atoms with van der Waals surface area (Å²) in [6, 6.07) is 12.4. The highest BCUT2D eigenvalue weighted by molar-refractivity contribution is 7.14. The van der Waals surface area contributed by atoms with E-state index >= 15 is 0 Å². The maximum absolute atomic E-state index is 12.3. The molecule has 1 aromatic carbocycles. The first-order valence-electron chi connectivity index (χ1n) is 8.78. The van der Waals surface area contributed by atoms with Crippen LogP contribution in [0.1, 0.15) is 32.1 Å². The normalized spacial score (nSPS) is 17.8. The van der Waals surface area contributed by atoms with E-state index in [1.807, 2.05) is 12.1 Å². The molecule has 2 aromatic rings. The van der Waals surface area contributed by atoms with E-state index < -0.39 is 0 Å². The summed E-state index contributed by atoms with van der Waals surface area (Å²) in [7, 11) is 1.67. The van der Waals surface area contributed by atoms with E-state index in [0.29, 0.717) is 12.5 Å². The summed E-state index contributed by atoms with van der Waals surface area (Å²) in [5, 5.41) is 3.10. The number of hydrogen-bond acceptors (Lipinski definition) is 4. The fourth-order valence-corrected chi connectivity index (χ4v) is 4.19. The summed E-state index contributed by atoms with van der Waals surface area (Å²) in [4.78, 5) is 16.6. The number of likely N-dealkylation sites (tertiary alicyclic amines) is 1. The van der Waals surface area contributed by atoms with Gasteiger partial charge in [0, 0.05) is 31.6 Å². The zero-order chi connectivity index (χ0) is 17.6. The van der Waals surface area contributed by atoms with Crippen LogP contribution in [0.15, 0.2) is 36.4 Å². The highest BCUT2D eigenvalue weighted by Gasteiger charge is 2.23. The van der Waals surface area contributed by atoms with E-state index in [-0.39, 0.29) is 5.91 Å². The molecule has 1 atom stereocenters. The minimum atomic E-state index is 0.0321. The quantitative estimate of drug-likeness (QED) is 0.824. The lowest BCUT2D eigenvalue weighted by atomic mass is 10.1. The van der Waals surface area contributed by atoms with Gasteiger partial charge in [-0.25, -0.2) is 0 Å². The number of aryl methyl sites for hydroxylation is 1. The third kappa shape index (κ3) is 4.91. The van der Waals surface area contributed by atoms with Gasteiger partial charge < -0.3 is 10.1 Å². The van der Waals surface area contributed by atoms with Crippen LogP contribution < -0.4 is 5.32 Å². The second-order valence-corrected chi connectivity index (χ2v) is 7.89. The molecule has 1 fully saturated rings. The van der Waals surface area contributed by atoms with Gasteiger partial charge in [0.25, 0.3) is 5.91 Å². The molecule has 2 heterocycles. The van der Waals surface area contributed by atoms with Crippen molar-refractivity contribution in [1.82, 2.24) is 10.2 Å². The topological polar surface area (TPSA) is 41.6 Å². The minimum absolute atomic E-state index is 0.0321. The van der Waals surface area contributed by atoms with Gasteiger partial charge in [0.15, 0.2) is 0 Å². The summed E-state index contributed by atoms with van der Waals surface area (Å²) in [6.45, 7) is 6.64. The second-order valence-electron chi connectivity index (χ2n) is 6.73. The van der Waals surface area contributed by atoms with Crippen molar-refractivity contribution in [2.24, 2.45) is 5.92 Å². The first-order valence-corrected chi connectivity index (χ1v) is 9.60. The maximum Gasteiger partial charge on any atom is 0.261 e. The third-order valence-corrected chi connectivity index (χ3v) is 5.81. The smallest absolute Gasteiger partial charge is 0.261 e. The van der Waals surface area contributed by atoms with Crippen molar-refractivity contribution in [3.63, 3.8) is 0 Å². The Balaban J connectivity index is 1.45. The molecule has 1 N–H and O–H groups in total. The van der Waals surface area contributed by atoms with Gasteiger partial charge in [-0.1, -0.05) is 24.3 Å². The molecule has 0 bridgehead atoms. The fourth-order valence-electron chi connectivity index (χ4n) is 3.30. The standard InChI is InChI=1S/C20H26N2O2S/c1-15-5-3-4-6-17(15)13-22-10-9-16(12-22)11-21-20(23)19-8-7-18(25-19)14-24-2/h3-8,16H,9-14H2,1-2H3,(H,21,23). The molecule has 25 heavy (non-hydrogen) atoms. The van der Waals surface area contributed by atoms with Gasteiger partial charge >= 0.3 is 0 Å². The highest BCUT2D eigenvalue weighted by Crippen LogP contribution is 2.20. The average Bonchev–Trinajstić information content (AvgIpc) is 3.25. The number of hydrogen-bond donors (Lipinski definition) is 1. The molecule has 0 saturated carbocycles. The Morgan fingerprint density at radius 2 is 2.16 bits per heavy atom. The summed E-state index contributed by atoms with van der Waals surface area (Å²) in [5.74, 6) is 0.566. The number of thiophene rings is 1. The van der Waals surface area contributed by atoms with E-state index in [4.69, 9.17) is 4.74 Å². The SMILES string of the molecule is COCc1ccc(C(=O)NCC2CCN(Cc3ccccc3C)C2)s1. The number of amides is 1. The summed E-state index contributed by atoms with van der Waals surface area (Å²) in [6.07, 6.45) is 1.14. The zero-order valence-electron chi connectivity index (χ0n) is 15.0. The lowest BCUT2D eigenvalue weighted by Gasteiger charge is -2.17. The molecule has 1 saturated heterocycles. The van der Waals surface area contributed by atoms with E-state index in [1.54, 1.807) is 7.11 Å². The first-order chi connectivity index (χ1) is 12.2.